The minimum atomic E-state index is -5.11. The number of amides is 1. The molecule has 56 heavy (non-hydrogen) atoms. The molecule has 1 aliphatic rings. The lowest BCUT2D eigenvalue weighted by Crippen LogP contribution is -2.61. The predicted octanol–water partition coefficient (Wildman–Crippen LogP) is 6.97. The Labute approximate surface area is 339 Å². The number of hydrogen-bond acceptors (Lipinski definition) is 11. The van der Waals surface area contributed by atoms with Crippen LogP contribution in [0.25, 0.3) is 0 Å². The average molecular weight is 824 g/mol. The molecule has 7 N–H and O–H groups in total. The van der Waals surface area contributed by atoms with E-state index in [-0.39, 0.29) is 6.42 Å². The van der Waals surface area contributed by atoms with Gasteiger partial charge < -0.3 is 40.3 Å². The molecule has 1 fully saturated rings. The van der Waals surface area contributed by atoms with Gasteiger partial charge in [-0.3, -0.25) is 9.35 Å². The topological polar surface area (TPSA) is 212 Å². The van der Waals surface area contributed by atoms with Crippen molar-refractivity contribution in [3.63, 3.8) is 0 Å². The number of aliphatic hydroxyl groups is 5. The standard InChI is InChI=1S/C42H81NO12S/c1-3-5-7-9-11-13-15-16-17-18-19-20-21-23-24-26-28-30-35(45)34(43-41(49)36(46)31-29-27-25-22-14-12-10-8-6-4-2)33-53-42-39(48)40(55-56(50,51)52)38(47)37(32-44)54-42/h10,12,34-40,42,44-48H,3-9,11,13-33H2,1-2H3,(H,43,49)(H,50,51,52)/b12-10-. The summed E-state index contributed by atoms with van der Waals surface area (Å²) in [5.74, 6) is -0.680. The van der Waals surface area contributed by atoms with E-state index in [4.69, 9.17) is 14.0 Å². The van der Waals surface area contributed by atoms with E-state index in [1.54, 1.807) is 0 Å². The number of aliphatic hydroxyl groups excluding tert-OH is 5. The van der Waals surface area contributed by atoms with E-state index in [2.05, 4.69) is 35.5 Å². The van der Waals surface area contributed by atoms with Crippen LogP contribution in [-0.4, -0.2) is 107 Å². The summed E-state index contributed by atoms with van der Waals surface area (Å²) in [6.45, 7) is 3.21. The molecule has 8 atom stereocenters. The first kappa shape index (κ1) is 52.8. The lowest BCUT2D eigenvalue weighted by molar-refractivity contribution is -0.298. The Morgan fingerprint density at radius 3 is 1.66 bits per heavy atom. The second-order valence-electron chi connectivity index (χ2n) is 15.8. The maximum atomic E-state index is 13.0. The van der Waals surface area contributed by atoms with Gasteiger partial charge in [-0.25, -0.2) is 4.18 Å². The molecule has 0 aromatic carbocycles. The third-order valence-electron chi connectivity index (χ3n) is 10.7. The van der Waals surface area contributed by atoms with Crippen molar-refractivity contribution in [2.45, 2.75) is 236 Å². The molecule has 0 aromatic rings. The SMILES string of the molecule is CCCC/C=C\CCCCCCC(O)C(=O)NC(COC1OC(CO)C(O)C(OS(=O)(=O)O)C1O)C(O)CCCCCCCCCCCCCCCCCCC. The van der Waals surface area contributed by atoms with Gasteiger partial charge in [0.25, 0.3) is 0 Å². The van der Waals surface area contributed by atoms with E-state index in [0.29, 0.717) is 19.3 Å². The molecule has 1 saturated heterocycles. The smallest absolute Gasteiger partial charge is 0.394 e. The molecule has 14 heteroatoms. The number of ether oxygens (including phenoxy) is 2. The maximum absolute atomic E-state index is 13.0. The number of carbonyl (C=O) groups excluding carboxylic acids is 1. The summed E-state index contributed by atoms with van der Waals surface area (Å²) in [5, 5.41) is 55.2. The van der Waals surface area contributed by atoms with Gasteiger partial charge in [-0.1, -0.05) is 167 Å². The van der Waals surface area contributed by atoms with Gasteiger partial charge in [-0.05, 0) is 32.1 Å². The molecule has 0 spiro atoms. The summed E-state index contributed by atoms with van der Waals surface area (Å²) in [5.41, 5.74) is 0. The zero-order valence-corrected chi connectivity index (χ0v) is 35.6. The minimum Gasteiger partial charge on any atom is -0.394 e. The van der Waals surface area contributed by atoms with Crippen molar-refractivity contribution in [2.75, 3.05) is 13.2 Å². The molecule has 13 nitrogen and oxygen atoms in total. The summed E-state index contributed by atoms with van der Waals surface area (Å²) in [4.78, 5) is 13.0. The second-order valence-corrected chi connectivity index (χ2v) is 16.8. The molecule has 1 amide bonds. The molecule has 0 radical (unpaired) electrons. The van der Waals surface area contributed by atoms with Gasteiger partial charge >= 0.3 is 10.4 Å². The Bertz CT molecular complexity index is 1080. The Kier molecular flexibility index (Phi) is 31.7. The van der Waals surface area contributed by atoms with Crippen LogP contribution in [-0.2, 0) is 28.9 Å². The highest BCUT2D eigenvalue weighted by molar-refractivity contribution is 7.80. The third kappa shape index (κ3) is 26.0. The van der Waals surface area contributed by atoms with Crippen molar-refractivity contribution in [1.82, 2.24) is 5.32 Å². The molecule has 0 aliphatic carbocycles. The van der Waals surface area contributed by atoms with Crippen LogP contribution in [0.1, 0.15) is 187 Å². The molecule has 1 aliphatic heterocycles. The fraction of sp³-hybridized carbons (Fsp3) is 0.929. The van der Waals surface area contributed by atoms with Crippen molar-refractivity contribution < 1.29 is 57.0 Å². The number of nitrogens with one attached hydrogen (secondary N) is 1. The van der Waals surface area contributed by atoms with Crippen molar-refractivity contribution in [2.24, 2.45) is 0 Å². The quantitative estimate of drug-likeness (QED) is 0.0192. The van der Waals surface area contributed by atoms with Crippen LogP contribution in [0.15, 0.2) is 12.2 Å². The van der Waals surface area contributed by atoms with Crippen LogP contribution in [0.4, 0.5) is 0 Å². The molecule has 1 rings (SSSR count). The molecule has 0 saturated carbocycles. The Morgan fingerprint density at radius 2 is 1.16 bits per heavy atom. The van der Waals surface area contributed by atoms with E-state index in [1.807, 2.05) is 0 Å². The van der Waals surface area contributed by atoms with E-state index in [0.717, 1.165) is 51.4 Å². The average Bonchev–Trinajstić information content (AvgIpc) is 3.16. The first-order valence-corrected chi connectivity index (χ1v) is 23.5. The maximum Gasteiger partial charge on any atom is 0.397 e. The lowest BCUT2D eigenvalue weighted by Gasteiger charge is -2.41. The first-order valence-electron chi connectivity index (χ1n) is 22.2. The molecular formula is C42H81NO12S. The Balaban J connectivity index is 2.57. The second kappa shape index (κ2) is 33.6. The Hall–Kier alpha value is -1.20. The minimum absolute atomic E-state index is 0.246. The zero-order chi connectivity index (χ0) is 41.4. The molecule has 1 heterocycles. The van der Waals surface area contributed by atoms with Gasteiger partial charge in [0.1, 0.15) is 30.5 Å². The van der Waals surface area contributed by atoms with Crippen molar-refractivity contribution >= 4 is 16.3 Å². The van der Waals surface area contributed by atoms with Gasteiger partial charge in [0.15, 0.2) is 6.29 Å². The molecular weight excluding hydrogens is 743 g/mol. The monoisotopic (exact) mass is 824 g/mol. The van der Waals surface area contributed by atoms with Gasteiger partial charge in [-0.2, -0.15) is 8.42 Å². The summed E-state index contributed by atoms with van der Waals surface area (Å²) in [6.07, 6.45) is 22.7. The number of hydrogen-bond donors (Lipinski definition) is 7. The summed E-state index contributed by atoms with van der Waals surface area (Å²) in [6, 6.07) is -1.03. The largest absolute Gasteiger partial charge is 0.397 e. The molecule has 0 aromatic heterocycles. The number of rotatable bonds is 37. The van der Waals surface area contributed by atoms with Crippen LogP contribution in [0.5, 0.6) is 0 Å². The highest BCUT2D eigenvalue weighted by Crippen LogP contribution is 2.26. The summed E-state index contributed by atoms with van der Waals surface area (Å²) < 4.78 is 47.5. The van der Waals surface area contributed by atoms with E-state index >= 15 is 0 Å². The predicted molar refractivity (Wildman–Crippen MR) is 219 cm³/mol. The summed E-state index contributed by atoms with van der Waals surface area (Å²) in [7, 11) is -5.11. The van der Waals surface area contributed by atoms with Crippen LogP contribution >= 0.6 is 0 Å². The number of carbonyl (C=O) groups is 1. The van der Waals surface area contributed by atoms with E-state index < -0.39 is 78.5 Å². The Morgan fingerprint density at radius 1 is 0.696 bits per heavy atom. The van der Waals surface area contributed by atoms with E-state index in [1.165, 1.54) is 96.3 Å². The van der Waals surface area contributed by atoms with Crippen molar-refractivity contribution in [1.29, 1.82) is 0 Å². The van der Waals surface area contributed by atoms with Crippen LogP contribution in [0, 0.1) is 0 Å². The highest BCUT2D eigenvalue weighted by Gasteiger charge is 2.48. The fourth-order valence-electron chi connectivity index (χ4n) is 7.09. The molecule has 0 bridgehead atoms. The number of unbranched alkanes of at least 4 members (excludes halogenated alkanes) is 22. The lowest BCUT2D eigenvalue weighted by atomic mass is 9.99. The highest BCUT2D eigenvalue weighted by atomic mass is 32.3. The third-order valence-corrected chi connectivity index (χ3v) is 11.1. The van der Waals surface area contributed by atoms with Gasteiger partial charge in [0.2, 0.25) is 5.91 Å². The van der Waals surface area contributed by atoms with Crippen LogP contribution in [0.3, 0.4) is 0 Å². The normalized spacial score (nSPS) is 22.0. The van der Waals surface area contributed by atoms with Crippen molar-refractivity contribution in [3.8, 4) is 0 Å². The van der Waals surface area contributed by atoms with Gasteiger partial charge in [0, 0.05) is 0 Å². The molecule has 332 valence electrons. The fourth-order valence-corrected chi connectivity index (χ4v) is 7.60. The van der Waals surface area contributed by atoms with Gasteiger partial charge in [0.05, 0.1) is 25.4 Å². The van der Waals surface area contributed by atoms with Gasteiger partial charge in [-0.15, -0.1) is 0 Å². The van der Waals surface area contributed by atoms with E-state index in [9.17, 15) is 38.7 Å². The number of allylic oxidation sites excluding steroid dienone is 2. The summed E-state index contributed by atoms with van der Waals surface area (Å²) >= 11 is 0. The van der Waals surface area contributed by atoms with Crippen LogP contribution in [0.2, 0.25) is 0 Å². The van der Waals surface area contributed by atoms with Crippen LogP contribution < -0.4 is 5.32 Å². The zero-order valence-electron chi connectivity index (χ0n) is 34.8. The molecule has 8 unspecified atom stereocenters. The first-order chi connectivity index (χ1) is 26.9. The van der Waals surface area contributed by atoms with Crippen molar-refractivity contribution in [3.05, 3.63) is 12.2 Å².